The molecule has 0 amide bonds. The molecule has 1 N–H and O–H groups in total. The van der Waals surface area contributed by atoms with Crippen LogP contribution < -0.4 is 0 Å². The maximum Gasteiger partial charge on any atom is 0.155 e. The lowest BCUT2D eigenvalue weighted by atomic mass is 10.2. The highest BCUT2D eigenvalue weighted by Crippen LogP contribution is 2.32. The SMILES string of the molecule is Fc1cccc(Cl)c1-c1nc(-c2cc3cc(Br)ccc3o2)c[nH]1. The van der Waals surface area contributed by atoms with E-state index in [2.05, 4.69) is 25.9 Å². The van der Waals surface area contributed by atoms with Crippen molar-refractivity contribution in [2.75, 3.05) is 0 Å². The highest BCUT2D eigenvalue weighted by molar-refractivity contribution is 9.10. The molecule has 114 valence electrons. The Balaban J connectivity index is 1.80. The number of aromatic amines is 1. The zero-order valence-corrected chi connectivity index (χ0v) is 14.0. The van der Waals surface area contributed by atoms with Gasteiger partial charge in [-0.25, -0.2) is 9.37 Å². The van der Waals surface area contributed by atoms with Gasteiger partial charge in [-0.1, -0.05) is 33.6 Å². The van der Waals surface area contributed by atoms with Gasteiger partial charge in [0.05, 0.1) is 10.6 Å². The second-order valence-corrected chi connectivity index (χ2v) is 6.35. The Morgan fingerprint density at radius 3 is 2.87 bits per heavy atom. The predicted octanol–water partition coefficient (Wildman–Crippen LogP) is 6.04. The molecule has 2 aromatic carbocycles. The minimum Gasteiger partial charge on any atom is -0.454 e. The smallest absolute Gasteiger partial charge is 0.155 e. The summed E-state index contributed by atoms with van der Waals surface area (Å²) in [5, 5.41) is 1.27. The van der Waals surface area contributed by atoms with Gasteiger partial charge in [0, 0.05) is 16.1 Å². The molecule has 4 rings (SSSR count). The molecule has 0 aliphatic rings. The molecule has 23 heavy (non-hydrogen) atoms. The minimum atomic E-state index is -0.424. The number of furan rings is 1. The summed E-state index contributed by atoms with van der Waals surface area (Å²) in [6.45, 7) is 0. The maximum absolute atomic E-state index is 14.0. The second kappa shape index (κ2) is 5.51. The van der Waals surface area contributed by atoms with E-state index in [0.717, 1.165) is 15.4 Å². The average Bonchev–Trinajstić information content (AvgIpc) is 3.13. The normalized spacial score (nSPS) is 11.3. The molecule has 0 saturated carbocycles. The summed E-state index contributed by atoms with van der Waals surface area (Å²) < 4.78 is 20.7. The molecule has 3 nitrogen and oxygen atoms in total. The molecule has 0 spiro atoms. The molecule has 0 unspecified atom stereocenters. The highest BCUT2D eigenvalue weighted by Gasteiger charge is 2.15. The molecule has 0 radical (unpaired) electrons. The number of hydrogen-bond acceptors (Lipinski definition) is 2. The van der Waals surface area contributed by atoms with Gasteiger partial charge in [-0.3, -0.25) is 0 Å². The van der Waals surface area contributed by atoms with E-state index in [0.29, 0.717) is 22.3 Å². The summed E-state index contributed by atoms with van der Waals surface area (Å²) in [5.74, 6) is 0.546. The number of imidazole rings is 1. The predicted molar refractivity (Wildman–Crippen MR) is 91.9 cm³/mol. The quantitative estimate of drug-likeness (QED) is 0.452. The van der Waals surface area contributed by atoms with Crippen molar-refractivity contribution < 1.29 is 8.81 Å². The van der Waals surface area contributed by atoms with Gasteiger partial charge < -0.3 is 9.40 Å². The van der Waals surface area contributed by atoms with E-state index >= 15 is 0 Å². The van der Waals surface area contributed by atoms with Crippen molar-refractivity contribution in [3.63, 3.8) is 0 Å². The number of benzene rings is 2. The summed E-state index contributed by atoms with van der Waals surface area (Å²) in [6, 6.07) is 12.2. The molecule has 0 atom stereocenters. The van der Waals surface area contributed by atoms with Crippen LogP contribution in [0.15, 0.2) is 57.6 Å². The van der Waals surface area contributed by atoms with Gasteiger partial charge in [-0.15, -0.1) is 0 Å². The molecule has 4 aromatic rings. The number of hydrogen-bond donors (Lipinski definition) is 1. The molecule has 0 aliphatic heterocycles. The third-order valence-corrected chi connectivity index (χ3v) is 4.32. The van der Waals surface area contributed by atoms with Crippen LogP contribution in [-0.4, -0.2) is 9.97 Å². The van der Waals surface area contributed by atoms with E-state index < -0.39 is 5.82 Å². The number of nitrogens with one attached hydrogen (secondary N) is 1. The fourth-order valence-corrected chi connectivity index (χ4v) is 3.07. The number of rotatable bonds is 2. The summed E-state index contributed by atoms with van der Waals surface area (Å²) in [4.78, 5) is 7.36. The van der Waals surface area contributed by atoms with Crippen LogP contribution in [0, 0.1) is 5.82 Å². The van der Waals surface area contributed by atoms with Gasteiger partial charge >= 0.3 is 0 Å². The van der Waals surface area contributed by atoms with Crippen molar-refractivity contribution in [2.45, 2.75) is 0 Å². The summed E-state index contributed by atoms with van der Waals surface area (Å²) in [7, 11) is 0. The van der Waals surface area contributed by atoms with Crippen molar-refractivity contribution in [3.8, 4) is 22.8 Å². The van der Waals surface area contributed by atoms with Gasteiger partial charge in [-0.05, 0) is 36.4 Å². The van der Waals surface area contributed by atoms with Crippen molar-refractivity contribution in [1.29, 1.82) is 0 Å². The van der Waals surface area contributed by atoms with Crippen molar-refractivity contribution >= 4 is 38.5 Å². The van der Waals surface area contributed by atoms with Gasteiger partial charge in [0.1, 0.15) is 22.9 Å². The first-order valence-electron chi connectivity index (χ1n) is 6.81. The summed E-state index contributed by atoms with van der Waals surface area (Å²) in [6.07, 6.45) is 1.67. The maximum atomic E-state index is 14.0. The highest BCUT2D eigenvalue weighted by atomic mass is 79.9. The number of fused-ring (bicyclic) bond motifs is 1. The van der Waals surface area contributed by atoms with Gasteiger partial charge in [-0.2, -0.15) is 0 Å². The zero-order chi connectivity index (χ0) is 16.0. The molecular weight excluding hydrogens is 383 g/mol. The Labute approximate surface area is 144 Å². The van der Waals surface area contributed by atoms with Crippen LogP contribution >= 0.6 is 27.5 Å². The van der Waals surface area contributed by atoms with Crippen LogP contribution in [-0.2, 0) is 0 Å². The Bertz CT molecular complexity index is 1000. The first kappa shape index (κ1) is 14.5. The van der Waals surface area contributed by atoms with E-state index in [1.807, 2.05) is 24.3 Å². The van der Waals surface area contributed by atoms with Crippen LogP contribution in [0.4, 0.5) is 4.39 Å². The monoisotopic (exact) mass is 390 g/mol. The largest absolute Gasteiger partial charge is 0.454 e. The van der Waals surface area contributed by atoms with Crippen molar-refractivity contribution in [1.82, 2.24) is 9.97 Å². The third-order valence-electron chi connectivity index (χ3n) is 3.51. The third kappa shape index (κ3) is 2.56. The molecular formula is C17H9BrClFN2O. The van der Waals surface area contributed by atoms with Crippen LogP contribution in [0.1, 0.15) is 0 Å². The number of halogens is 3. The summed E-state index contributed by atoms with van der Waals surface area (Å²) >= 11 is 9.50. The number of nitrogens with zero attached hydrogens (tertiary/aromatic N) is 1. The van der Waals surface area contributed by atoms with E-state index in [4.69, 9.17) is 16.0 Å². The fourth-order valence-electron chi connectivity index (χ4n) is 2.44. The van der Waals surface area contributed by atoms with Gasteiger partial charge in [0.25, 0.3) is 0 Å². The number of aromatic nitrogens is 2. The zero-order valence-electron chi connectivity index (χ0n) is 11.6. The van der Waals surface area contributed by atoms with Crippen LogP contribution in [0.25, 0.3) is 33.8 Å². The molecule has 2 aromatic heterocycles. The second-order valence-electron chi connectivity index (χ2n) is 5.02. The molecule has 6 heteroatoms. The topological polar surface area (TPSA) is 41.8 Å². The van der Waals surface area contributed by atoms with Crippen LogP contribution in [0.3, 0.4) is 0 Å². The van der Waals surface area contributed by atoms with Gasteiger partial charge in [0.2, 0.25) is 0 Å². The van der Waals surface area contributed by atoms with Gasteiger partial charge in [0.15, 0.2) is 5.76 Å². The molecule has 2 heterocycles. The van der Waals surface area contributed by atoms with Crippen molar-refractivity contribution in [2.24, 2.45) is 0 Å². The molecule has 0 aliphatic carbocycles. The average molecular weight is 392 g/mol. The Kier molecular flexibility index (Phi) is 3.47. The van der Waals surface area contributed by atoms with Crippen molar-refractivity contribution in [3.05, 3.63) is 64.0 Å². The van der Waals surface area contributed by atoms with E-state index in [1.165, 1.54) is 6.07 Å². The Morgan fingerprint density at radius 2 is 2.04 bits per heavy atom. The number of H-pyrrole nitrogens is 1. The standard InChI is InChI=1S/C17H9BrClFN2O/c18-10-4-5-14-9(6-10)7-15(23-14)13-8-21-17(22-13)16-11(19)2-1-3-12(16)20/h1-8H,(H,21,22). The minimum absolute atomic E-state index is 0.249. The fraction of sp³-hybridized carbons (Fsp3) is 0. The lowest BCUT2D eigenvalue weighted by molar-refractivity contribution is 0.627. The first-order chi connectivity index (χ1) is 11.1. The first-order valence-corrected chi connectivity index (χ1v) is 7.98. The molecule has 0 saturated heterocycles. The Hall–Kier alpha value is -2.11. The Morgan fingerprint density at radius 1 is 1.17 bits per heavy atom. The molecule has 0 bridgehead atoms. The lowest BCUT2D eigenvalue weighted by Gasteiger charge is -2.01. The van der Waals surface area contributed by atoms with E-state index in [9.17, 15) is 4.39 Å². The summed E-state index contributed by atoms with van der Waals surface area (Å²) in [5.41, 5.74) is 1.60. The van der Waals surface area contributed by atoms with E-state index in [1.54, 1.807) is 18.3 Å². The lowest BCUT2D eigenvalue weighted by Crippen LogP contribution is -1.87. The van der Waals surface area contributed by atoms with Crippen LogP contribution in [0.5, 0.6) is 0 Å². The van der Waals surface area contributed by atoms with E-state index in [-0.39, 0.29) is 5.56 Å². The molecule has 0 fully saturated rings. The van der Waals surface area contributed by atoms with Crippen LogP contribution in [0.2, 0.25) is 5.02 Å².